The molecule has 164 valence electrons. The lowest BCUT2D eigenvalue weighted by Gasteiger charge is -2.27. The number of hydrogen-bond donors (Lipinski definition) is 1. The summed E-state index contributed by atoms with van der Waals surface area (Å²) in [6.07, 6.45) is -0.395. The molecule has 3 heterocycles. The van der Waals surface area contributed by atoms with Crippen LogP contribution < -0.4 is 15.0 Å². The average Bonchev–Trinajstić information content (AvgIpc) is 3.32. The molecule has 8 nitrogen and oxygen atoms in total. The zero-order valence-corrected chi connectivity index (χ0v) is 19.3. The Labute approximate surface area is 192 Å². The molecular weight excluding hydrogens is 486 g/mol. The maximum Gasteiger partial charge on any atom is 0.413 e. The number of anilines is 1. The van der Waals surface area contributed by atoms with Crippen LogP contribution in [0.3, 0.4) is 0 Å². The number of hydrogen-bond acceptors (Lipinski definition) is 6. The minimum atomic E-state index is -0.586. The van der Waals surface area contributed by atoms with E-state index in [4.69, 9.17) is 9.47 Å². The van der Waals surface area contributed by atoms with Crippen molar-refractivity contribution in [3.63, 3.8) is 0 Å². The van der Waals surface area contributed by atoms with Crippen molar-refractivity contribution in [1.29, 1.82) is 0 Å². The number of amides is 3. The molecule has 0 bridgehead atoms. The van der Waals surface area contributed by atoms with E-state index >= 15 is 0 Å². The summed E-state index contributed by atoms with van der Waals surface area (Å²) >= 11 is 4.63. The fourth-order valence-electron chi connectivity index (χ4n) is 3.69. The molecule has 0 aliphatic carbocycles. The molecule has 0 saturated carbocycles. The van der Waals surface area contributed by atoms with Crippen LogP contribution in [-0.2, 0) is 9.53 Å². The highest BCUT2D eigenvalue weighted by Crippen LogP contribution is 2.29. The number of ether oxygens (including phenoxy) is 2. The Bertz CT molecular complexity index is 1000. The molecule has 1 N–H and O–H groups in total. The minimum Gasteiger partial charge on any atom is -0.399 e. The van der Waals surface area contributed by atoms with E-state index in [2.05, 4.69) is 21.2 Å². The van der Waals surface area contributed by atoms with E-state index in [-0.39, 0.29) is 24.3 Å². The van der Waals surface area contributed by atoms with E-state index in [1.165, 1.54) is 11.3 Å². The van der Waals surface area contributed by atoms with Crippen LogP contribution in [0.1, 0.15) is 22.3 Å². The van der Waals surface area contributed by atoms with E-state index in [1.807, 2.05) is 13.0 Å². The molecule has 2 aliphatic rings. The number of thiophene rings is 1. The van der Waals surface area contributed by atoms with Crippen molar-refractivity contribution in [1.82, 2.24) is 10.2 Å². The highest BCUT2D eigenvalue weighted by atomic mass is 79.9. The molecule has 1 aromatic heterocycles. The van der Waals surface area contributed by atoms with Crippen molar-refractivity contribution in [2.24, 2.45) is 0 Å². The lowest BCUT2D eigenvalue weighted by Crippen LogP contribution is -2.41. The summed E-state index contributed by atoms with van der Waals surface area (Å²) in [5.74, 6) is -0.113. The molecule has 1 atom stereocenters. The number of rotatable bonds is 4. The molecule has 0 spiro atoms. The summed E-state index contributed by atoms with van der Waals surface area (Å²) in [5.41, 5.74) is 2.14. The van der Waals surface area contributed by atoms with Gasteiger partial charge in [0.2, 0.25) is 5.91 Å². The van der Waals surface area contributed by atoms with Gasteiger partial charge in [0.1, 0.15) is 0 Å². The topological polar surface area (TPSA) is 88.2 Å². The first-order valence-corrected chi connectivity index (χ1v) is 11.5. The quantitative estimate of drug-likeness (QED) is 0.686. The van der Waals surface area contributed by atoms with Crippen molar-refractivity contribution in [3.8, 4) is 5.06 Å². The maximum atomic E-state index is 12.8. The molecule has 3 amide bonds. The summed E-state index contributed by atoms with van der Waals surface area (Å²) in [5, 5.41) is 3.22. The van der Waals surface area contributed by atoms with E-state index < -0.39 is 6.09 Å². The van der Waals surface area contributed by atoms with Crippen LogP contribution in [0.5, 0.6) is 5.06 Å². The average molecular weight is 508 g/mol. The van der Waals surface area contributed by atoms with Gasteiger partial charge in [-0.3, -0.25) is 9.59 Å². The highest BCUT2D eigenvalue weighted by molar-refractivity contribution is 9.11. The first kappa shape index (κ1) is 21.8. The smallest absolute Gasteiger partial charge is 0.399 e. The molecule has 2 fully saturated rings. The first-order valence-electron chi connectivity index (χ1n) is 9.92. The Kier molecular flexibility index (Phi) is 6.59. The molecule has 2 aromatic rings. The largest absolute Gasteiger partial charge is 0.413 e. The van der Waals surface area contributed by atoms with Gasteiger partial charge in [0.15, 0.2) is 5.06 Å². The van der Waals surface area contributed by atoms with Gasteiger partial charge in [0.25, 0.3) is 5.91 Å². The Morgan fingerprint density at radius 3 is 2.68 bits per heavy atom. The number of morpholine rings is 1. The van der Waals surface area contributed by atoms with Gasteiger partial charge in [-0.15, -0.1) is 0 Å². The molecule has 0 radical (unpaired) electrons. The molecule has 2 saturated heterocycles. The van der Waals surface area contributed by atoms with E-state index in [0.29, 0.717) is 49.2 Å². The third kappa shape index (κ3) is 5.08. The number of carbonyl (C=O) groups is 3. The van der Waals surface area contributed by atoms with Gasteiger partial charge >= 0.3 is 6.09 Å². The van der Waals surface area contributed by atoms with Crippen molar-refractivity contribution in [3.05, 3.63) is 45.2 Å². The van der Waals surface area contributed by atoms with Crippen LogP contribution in [0.25, 0.3) is 0 Å². The van der Waals surface area contributed by atoms with Crippen LogP contribution in [0.2, 0.25) is 0 Å². The van der Waals surface area contributed by atoms with Crippen molar-refractivity contribution >= 4 is 50.9 Å². The summed E-state index contributed by atoms with van der Waals surface area (Å²) < 4.78 is 11.4. The van der Waals surface area contributed by atoms with Gasteiger partial charge in [0.05, 0.1) is 23.0 Å². The monoisotopic (exact) mass is 507 g/mol. The van der Waals surface area contributed by atoms with E-state index in [0.717, 1.165) is 9.35 Å². The second-order valence-electron chi connectivity index (χ2n) is 7.40. The normalized spacial score (nSPS) is 18.9. The number of benzene rings is 1. The Morgan fingerprint density at radius 2 is 2.00 bits per heavy atom. The van der Waals surface area contributed by atoms with Crippen LogP contribution in [0.4, 0.5) is 10.5 Å². The highest BCUT2D eigenvalue weighted by Gasteiger charge is 2.32. The van der Waals surface area contributed by atoms with Crippen LogP contribution in [-0.4, -0.2) is 61.7 Å². The predicted molar refractivity (Wildman–Crippen MR) is 120 cm³/mol. The fourth-order valence-corrected chi connectivity index (χ4v) is 4.88. The standard InChI is InChI=1S/C21H22BrN3O5S/c1-13-10-15(2-3-16(13)20(27)24-6-8-29-9-7-24)25-12-14(11-18(25)26)23-21(28)30-19-5-4-17(22)31-19/h2-5,10,14H,6-9,11-12H2,1H3,(H,23,28). The van der Waals surface area contributed by atoms with Crippen LogP contribution in [0, 0.1) is 6.92 Å². The van der Waals surface area contributed by atoms with Gasteiger partial charge in [-0.25, -0.2) is 4.79 Å². The second-order valence-corrected chi connectivity index (χ2v) is 9.83. The fraction of sp³-hybridized carbons (Fsp3) is 0.381. The number of halogens is 1. The number of nitrogens with zero attached hydrogens (tertiary/aromatic N) is 2. The first-order chi connectivity index (χ1) is 14.9. The Hall–Kier alpha value is -2.43. The van der Waals surface area contributed by atoms with Crippen molar-refractivity contribution in [2.75, 3.05) is 37.7 Å². The summed E-state index contributed by atoms with van der Waals surface area (Å²) in [6, 6.07) is 8.53. The Morgan fingerprint density at radius 1 is 1.23 bits per heavy atom. The summed E-state index contributed by atoms with van der Waals surface area (Å²) in [6.45, 7) is 4.47. The molecule has 31 heavy (non-hydrogen) atoms. The number of aryl methyl sites for hydroxylation is 1. The molecule has 2 aliphatic heterocycles. The number of nitrogens with one attached hydrogen (secondary N) is 1. The predicted octanol–water partition coefficient (Wildman–Crippen LogP) is 3.19. The molecule has 4 rings (SSSR count). The van der Waals surface area contributed by atoms with Crippen molar-refractivity contribution < 1.29 is 23.9 Å². The summed E-state index contributed by atoms with van der Waals surface area (Å²) in [7, 11) is 0. The lowest BCUT2D eigenvalue weighted by molar-refractivity contribution is -0.117. The van der Waals surface area contributed by atoms with E-state index in [9.17, 15) is 14.4 Å². The van der Waals surface area contributed by atoms with Gasteiger partial charge in [-0.2, -0.15) is 0 Å². The maximum absolute atomic E-state index is 12.8. The Balaban J connectivity index is 1.39. The number of carbonyl (C=O) groups excluding carboxylic acids is 3. The third-order valence-electron chi connectivity index (χ3n) is 5.24. The third-order valence-corrected chi connectivity index (χ3v) is 6.74. The van der Waals surface area contributed by atoms with Crippen molar-refractivity contribution in [2.45, 2.75) is 19.4 Å². The minimum absolute atomic E-state index is 0.0254. The zero-order valence-electron chi connectivity index (χ0n) is 16.9. The van der Waals surface area contributed by atoms with Crippen LogP contribution >= 0.6 is 27.3 Å². The second kappa shape index (κ2) is 9.37. The van der Waals surface area contributed by atoms with E-state index in [1.54, 1.807) is 34.1 Å². The van der Waals surface area contributed by atoms with Gasteiger partial charge in [-0.05, 0) is 58.7 Å². The van der Waals surface area contributed by atoms with Gasteiger partial charge < -0.3 is 24.6 Å². The zero-order chi connectivity index (χ0) is 22.0. The van der Waals surface area contributed by atoms with Crippen LogP contribution in [0.15, 0.2) is 34.1 Å². The molecule has 10 heteroatoms. The molecule has 1 unspecified atom stereocenters. The molecular formula is C21H22BrN3O5S. The summed E-state index contributed by atoms with van der Waals surface area (Å²) in [4.78, 5) is 40.9. The SMILES string of the molecule is Cc1cc(N2CC(NC(=O)Oc3ccc(Br)s3)CC2=O)ccc1C(=O)N1CCOCC1. The molecule has 1 aromatic carbocycles. The van der Waals surface area contributed by atoms with Gasteiger partial charge in [0, 0.05) is 37.3 Å². The lowest BCUT2D eigenvalue weighted by atomic mass is 10.1. The van der Waals surface area contributed by atoms with Gasteiger partial charge in [-0.1, -0.05) is 11.3 Å².